The lowest BCUT2D eigenvalue weighted by Crippen LogP contribution is -1.90. The molecular weight excluding hydrogens is 174 g/mol. The molecule has 2 rings (SSSR count). The SMILES string of the molecule is N#Cc1cccc(-n2ccc(N)c2)c1. The zero-order valence-corrected chi connectivity index (χ0v) is 7.51. The number of anilines is 1. The van der Waals surface area contributed by atoms with Crippen molar-refractivity contribution in [3.05, 3.63) is 48.3 Å². The van der Waals surface area contributed by atoms with Crippen molar-refractivity contribution in [3.63, 3.8) is 0 Å². The number of rotatable bonds is 1. The standard InChI is InChI=1S/C11H9N3/c12-7-9-2-1-3-11(6-9)14-5-4-10(13)8-14/h1-6,8H,13H2. The number of hydrogen-bond donors (Lipinski definition) is 1. The van der Waals surface area contributed by atoms with Gasteiger partial charge in [0.05, 0.1) is 11.6 Å². The molecule has 0 bridgehead atoms. The second-order valence-electron chi connectivity index (χ2n) is 3.01. The third-order valence-electron chi connectivity index (χ3n) is 1.99. The molecule has 0 saturated carbocycles. The molecule has 1 aromatic carbocycles. The normalized spacial score (nSPS) is 9.64. The monoisotopic (exact) mass is 183 g/mol. The number of nitriles is 1. The minimum atomic E-state index is 0.648. The molecular formula is C11H9N3. The molecule has 1 heterocycles. The van der Waals surface area contributed by atoms with Crippen LogP contribution in [0.15, 0.2) is 42.7 Å². The molecule has 3 heteroatoms. The minimum Gasteiger partial charge on any atom is -0.397 e. The summed E-state index contributed by atoms with van der Waals surface area (Å²) in [6, 6.07) is 11.3. The van der Waals surface area contributed by atoms with Crippen molar-refractivity contribution in [3.8, 4) is 11.8 Å². The van der Waals surface area contributed by atoms with E-state index in [0.717, 1.165) is 5.69 Å². The van der Waals surface area contributed by atoms with Gasteiger partial charge in [-0.05, 0) is 24.3 Å². The highest BCUT2D eigenvalue weighted by Gasteiger charge is 1.97. The molecule has 0 aliphatic heterocycles. The quantitative estimate of drug-likeness (QED) is 0.734. The summed E-state index contributed by atoms with van der Waals surface area (Å²) in [7, 11) is 0. The van der Waals surface area contributed by atoms with Crippen LogP contribution in [0.1, 0.15) is 5.56 Å². The molecule has 3 nitrogen and oxygen atoms in total. The van der Waals surface area contributed by atoms with E-state index in [9.17, 15) is 0 Å². The topological polar surface area (TPSA) is 54.7 Å². The summed E-state index contributed by atoms with van der Waals surface area (Å²) in [5.41, 5.74) is 7.91. The molecule has 0 atom stereocenters. The number of aromatic nitrogens is 1. The summed E-state index contributed by atoms with van der Waals surface area (Å²) < 4.78 is 1.89. The van der Waals surface area contributed by atoms with E-state index in [1.807, 2.05) is 41.2 Å². The van der Waals surface area contributed by atoms with E-state index >= 15 is 0 Å². The summed E-state index contributed by atoms with van der Waals surface area (Å²) >= 11 is 0. The van der Waals surface area contributed by atoms with Gasteiger partial charge in [0.2, 0.25) is 0 Å². The Morgan fingerprint density at radius 2 is 2.14 bits per heavy atom. The number of hydrogen-bond acceptors (Lipinski definition) is 2. The van der Waals surface area contributed by atoms with Crippen molar-refractivity contribution in [1.29, 1.82) is 5.26 Å². The van der Waals surface area contributed by atoms with E-state index in [2.05, 4.69) is 6.07 Å². The Bertz CT molecular complexity index is 491. The largest absolute Gasteiger partial charge is 0.397 e. The fraction of sp³-hybridized carbons (Fsp3) is 0. The maximum Gasteiger partial charge on any atom is 0.0992 e. The first-order chi connectivity index (χ1) is 6.79. The smallest absolute Gasteiger partial charge is 0.0992 e. The number of nitrogens with two attached hydrogens (primary N) is 1. The van der Waals surface area contributed by atoms with Crippen molar-refractivity contribution < 1.29 is 0 Å². The van der Waals surface area contributed by atoms with Gasteiger partial charge in [0, 0.05) is 23.8 Å². The highest BCUT2D eigenvalue weighted by molar-refractivity contribution is 5.45. The van der Waals surface area contributed by atoms with E-state index < -0.39 is 0 Å². The molecule has 68 valence electrons. The van der Waals surface area contributed by atoms with Gasteiger partial charge in [-0.25, -0.2) is 0 Å². The summed E-state index contributed by atoms with van der Waals surface area (Å²) in [5.74, 6) is 0. The van der Waals surface area contributed by atoms with E-state index in [4.69, 9.17) is 11.0 Å². The molecule has 0 aliphatic carbocycles. The highest BCUT2D eigenvalue weighted by Crippen LogP contribution is 2.13. The lowest BCUT2D eigenvalue weighted by Gasteiger charge is -2.01. The van der Waals surface area contributed by atoms with Crippen LogP contribution in [0.4, 0.5) is 5.69 Å². The van der Waals surface area contributed by atoms with Crippen LogP contribution in [0.25, 0.3) is 5.69 Å². The second-order valence-corrected chi connectivity index (χ2v) is 3.01. The zero-order valence-electron chi connectivity index (χ0n) is 7.51. The Kier molecular flexibility index (Phi) is 1.96. The van der Waals surface area contributed by atoms with Gasteiger partial charge < -0.3 is 10.3 Å². The van der Waals surface area contributed by atoms with E-state index in [1.54, 1.807) is 6.07 Å². The van der Waals surface area contributed by atoms with Crippen molar-refractivity contribution in [1.82, 2.24) is 4.57 Å². The Hall–Kier alpha value is -2.21. The molecule has 0 unspecified atom stereocenters. The number of benzene rings is 1. The van der Waals surface area contributed by atoms with Gasteiger partial charge >= 0.3 is 0 Å². The van der Waals surface area contributed by atoms with Gasteiger partial charge in [0.25, 0.3) is 0 Å². The molecule has 0 saturated heterocycles. The zero-order chi connectivity index (χ0) is 9.97. The van der Waals surface area contributed by atoms with Crippen molar-refractivity contribution >= 4 is 5.69 Å². The van der Waals surface area contributed by atoms with Crippen molar-refractivity contribution in [2.45, 2.75) is 0 Å². The molecule has 0 fully saturated rings. The average Bonchev–Trinajstić information content (AvgIpc) is 2.65. The fourth-order valence-corrected chi connectivity index (χ4v) is 1.31. The van der Waals surface area contributed by atoms with Crippen molar-refractivity contribution in [2.75, 3.05) is 5.73 Å². The first-order valence-corrected chi connectivity index (χ1v) is 4.23. The van der Waals surface area contributed by atoms with E-state index in [0.29, 0.717) is 11.3 Å². The minimum absolute atomic E-state index is 0.648. The molecule has 2 aromatic rings. The Balaban J connectivity index is 2.47. The first-order valence-electron chi connectivity index (χ1n) is 4.23. The molecule has 2 N–H and O–H groups in total. The molecule has 14 heavy (non-hydrogen) atoms. The van der Waals surface area contributed by atoms with Crippen LogP contribution in [0.3, 0.4) is 0 Å². The first kappa shape index (κ1) is 8.39. The van der Waals surface area contributed by atoms with Gasteiger partial charge in [-0.2, -0.15) is 5.26 Å². The van der Waals surface area contributed by atoms with Crippen LogP contribution in [0, 0.1) is 11.3 Å². The van der Waals surface area contributed by atoms with Gasteiger partial charge in [-0.15, -0.1) is 0 Å². The molecule has 0 aliphatic rings. The lowest BCUT2D eigenvalue weighted by molar-refractivity contribution is 1.08. The molecule has 1 aromatic heterocycles. The van der Waals surface area contributed by atoms with Gasteiger partial charge in [-0.3, -0.25) is 0 Å². The maximum absolute atomic E-state index is 8.73. The van der Waals surface area contributed by atoms with Crippen LogP contribution < -0.4 is 5.73 Å². The van der Waals surface area contributed by atoms with Gasteiger partial charge in [0.1, 0.15) is 0 Å². The lowest BCUT2D eigenvalue weighted by atomic mass is 10.2. The number of nitrogens with zero attached hydrogens (tertiary/aromatic N) is 2. The highest BCUT2D eigenvalue weighted by atomic mass is 15.0. The third-order valence-corrected chi connectivity index (χ3v) is 1.99. The van der Waals surface area contributed by atoms with Gasteiger partial charge in [-0.1, -0.05) is 6.07 Å². The Morgan fingerprint density at radius 3 is 2.79 bits per heavy atom. The Morgan fingerprint density at radius 1 is 1.29 bits per heavy atom. The van der Waals surface area contributed by atoms with Crippen molar-refractivity contribution in [2.24, 2.45) is 0 Å². The Labute approximate surface area is 82.0 Å². The van der Waals surface area contributed by atoms with Crippen LogP contribution in [0.5, 0.6) is 0 Å². The summed E-state index contributed by atoms with van der Waals surface area (Å²) in [4.78, 5) is 0. The summed E-state index contributed by atoms with van der Waals surface area (Å²) in [5, 5.41) is 8.73. The predicted molar refractivity (Wildman–Crippen MR) is 54.9 cm³/mol. The molecule has 0 radical (unpaired) electrons. The van der Waals surface area contributed by atoms with E-state index in [-0.39, 0.29) is 0 Å². The second kappa shape index (κ2) is 3.27. The average molecular weight is 183 g/mol. The summed E-state index contributed by atoms with van der Waals surface area (Å²) in [6.07, 6.45) is 3.68. The molecule has 0 spiro atoms. The predicted octanol–water partition coefficient (Wildman–Crippen LogP) is 1.93. The number of nitrogen functional groups attached to an aromatic ring is 1. The maximum atomic E-state index is 8.73. The van der Waals surface area contributed by atoms with Crippen LogP contribution in [-0.4, -0.2) is 4.57 Å². The molecule has 0 amide bonds. The van der Waals surface area contributed by atoms with Gasteiger partial charge in [0.15, 0.2) is 0 Å². The third kappa shape index (κ3) is 1.46. The van der Waals surface area contributed by atoms with Crippen LogP contribution >= 0.6 is 0 Å². The van der Waals surface area contributed by atoms with Crippen LogP contribution in [0.2, 0.25) is 0 Å². The van der Waals surface area contributed by atoms with Crippen LogP contribution in [-0.2, 0) is 0 Å². The fourth-order valence-electron chi connectivity index (χ4n) is 1.31. The van der Waals surface area contributed by atoms with E-state index in [1.165, 1.54) is 0 Å². The summed E-state index contributed by atoms with van der Waals surface area (Å²) in [6.45, 7) is 0.